The Morgan fingerprint density at radius 1 is 1.20 bits per heavy atom. The first-order valence-electron chi connectivity index (χ1n) is 6.61. The normalized spacial score (nSPS) is 11.3. The molecule has 3 aromatic rings. The Labute approximate surface area is 122 Å². The number of hydrogen-bond acceptors (Lipinski definition) is 3. The van der Waals surface area contributed by atoms with Crippen molar-refractivity contribution in [1.82, 2.24) is 24.3 Å². The fourth-order valence-electron chi connectivity index (χ4n) is 2.43. The first kappa shape index (κ1) is 13.1. The molecule has 0 fully saturated rings. The van der Waals surface area contributed by atoms with E-state index in [9.17, 15) is 0 Å². The molecule has 5 nitrogen and oxygen atoms in total. The van der Waals surface area contributed by atoms with Crippen LogP contribution in [0.2, 0.25) is 0 Å². The van der Waals surface area contributed by atoms with Gasteiger partial charge in [-0.2, -0.15) is 5.10 Å². The molecule has 0 radical (unpaired) electrons. The van der Waals surface area contributed by atoms with Crippen molar-refractivity contribution in [3.63, 3.8) is 0 Å². The summed E-state index contributed by atoms with van der Waals surface area (Å²) >= 11 is 5.88. The lowest BCUT2D eigenvalue weighted by Crippen LogP contribution is -2.09. The Balaban J connectivity index is 1.92. The Bertz CT molecular complexity index is 715. The summed E-state index contributed by atoms with van der Waals surface area (Å²) in [5.74, 6) is 1.59. The second-order valence-electron chi connectivity index (χ2n) is 4.68. The van der Waals surface area contributed by atoms with Crippen LogP contribution in [0.1, 0.15) is 11.5 Å². The van der Waals surface area contributed by atoms with Gasteiger partial charge in [0.15, 0.2) is 0 Å². The van der Waals surface area contributed by atoms with Crippen molar-refractivity contribution in [2.45, 2.75) is 19.4 Å². The fourth-order valence-corrected chi connectivity index (χ4v) is 2.60. The largest absolute Gasteiger partial charge is 0.327 e. The molecule has 0 spiro atoms. The number of imidazole rings is 1. The Morgan fingerprint density at radius 3 is 2.85 bits per heavy atom. The van der Waals surface area contributed by atoms with Crippen LogP contribution in [0.5, 0.6) is 0 Å². The van der Waals surface area contributed by atoms with Gasteiger partial charge in [-0.1, -0.05) is 0 Å². The van der Waals surface area contributed by atoms with E-state index < -0.39 is 0 Å². The molecule has 0 N–H and O–H groups in total. The SMILES string of the molecule is Cn1nccc1CCn1c(CCCl)nc2cnccc21. The zero-order chi connectivity index (χ0) is 13.9. The molecule has 0 aliphatic carbocycles. The van der Waals surface area contributed by atoms with Gasteiger partial charge in [0.05, 0.1) is 11.7 Å². The summed E-state index contributed by atoms with van der Waals surface area (Å²) in [5, 5.41) is 4.20. The smallest absolute Gasteiger partial charge is 0.111 e. The first-order chi connectivity index (χ1) is 9.79. The molecule has 3 rings (SSSR count). The van der Waals surface area contributed by atoms with Crippen LogP contribution in [0.4, 0.5) is 0 Å². The van der Waals surface area contributed by atoms with E-state index in [4.69, 9.17) is 11.6 Å². The summed E-state index contributed by atoms with van der Waals surface area (Å²) in [6, 6.07) is 4.05. The summed E-state index contributed by atoms with van der Waals surface area (Å²) < 4.78 is 4.13. The average molecular weight is 290 g/mol. The standard InChI is InChI=1S/C14H16ClN5/c1-19-11(3-8-17-19)5-9-20-13-4-7-16-10-12(13)18-14(20)2-6-15/h3-4,7-8,10H,2,5-6,9H2,1H3. The molecule has 104 valence electrons. The molecule has 6 heteroatoms. The van der Waals surface area contributed by atoms with Crippen molar-refractivity contribution in [3.8, 4) is 0 Å². The topological polar surface area (TPSA) is 48.5 Å². The summed E-state index contributed by atoms with van der Waals surface area (Å²) in [5.41, 5.74) is 3.25. The van der Waals surface area contributed by atoms with Gasteiger partial charge in [0.2, 0.25) is 0 Å². The number of fused-ring (bicyclic) bond motifs is 1. The molecule has 0 saturated carbocycles. The van der Waals surface area contributed by atoms with Gasteiger partial charge in [-0.3, -0.25) is 9.67 Å². The van der Waals surface area contributed by atoms with Crippen molar-refractivity contribution in [2.24, 2.45) is 7.05 Å². The van der Waals surface area contributed by atoms with E-state index >= 15 is 0 Å². The van der Waals surface area contributed by atoms with E-state index in [0.29, 0.717) is 5.88 Å². The van der Waals surface area contributed by atoms with Gasteiger partial charge in [0.25, 0.3) is 0 Å². The van der Waals surface area contributed by atoms with Crippen LogP contribution in [0.3, 0.4) is 0 Å². The average Bonchev–Trinajstić information content (AvgIpc) is 3.01. The number of hydrogen-bond donors (Lipinski definition) is 0. The van der Waals surface area contributed by atoms with Crippen LogP contribution in [-0.4, -0.2) is 30.2 Å². The number of aryl methyl sites for hydroxylation is 4. The summed E-state index contributed by atoms with van der Waals surface area (Å²) in [6.07, 6.45) is 7.11. The number of alkyl halides is 1. The number of rotatable bonds is 5. The van der Waals surface area contributed by atoms with E-state index in [0.717, 1.165) is 36.2 Å². The predicted molar refractivity (Wildman–Crippen MR) is 78.9 cm³/mol. The van der Waals surface area contributed by atoms with Crippen molar-refractivity contribution < 1.29 is 0 Å². The van der Waals surface area contributed by atoms with Crippen molar-refractivity contribution in [2.75, 3.05) is 5.88 Å². The van der Waals surface area contributed by atoms with E-state index in [1.165, 1.54) is 5.69 Å². The maximum atomic E-state index is 5.88. The van der Waals surface area contributed by atoms with Gasteiger partial charge in [-0.25, -0.2) is 4.98 Å². The van der Waals surface area contributed by atoms with Crippen LogP contribution in [-0.2, 0) is 26.4 Å². The third-order valence-electron chi connectivity index (χ3n) is 3.46. The first-order valence-corrected chi connectivity index (χ1v) is 7.15. The van der Waals surface area contributed by atoms with Gasteiger partial charge in [-0.15, -0.1) is 11.6 Å². The highest BCUT2D eigenvalue weighted by molar-refractivity contribution is 6.17. The quantitative estimate of drug-likeness (QED) is 0.677. The Morgan fingerprint density at radius 2 is 2.10 bits per heavy atom. The van der Waals surface area contributed by atoms with Crippen LogP contribution < -0.4 is 0 Å². The number of pyridine rings is 1. The van der Waals surface area contributed by atoms with Gasteiger partial charge in [0, 0.05) is 50.4 Å². The van der Waals surface area contributed by atoms with Crippen LogP contribution >= 0.6 is 11.6 Å². The van der Waals surface area contributed by atoms with Gasteiger partial charge >= 0.3 is 0 Å². The lowest BCUT2D eigenvalue weighted by atomic mass is 10.3. The van der Waals surface area contributed by atoms with E-state index in [1.807, 2.05) is 30.1 Å². The summed E-state index contributed by atoms with van der Waals surface area (Å²) in [7, 11) is 1.96. The number of halogens is 1. The minimum absolute atomic E-state index is 0.572. The molecule has 20 heavy (non-hydrogen) atoms. The molecular weight excluding hydrogens is 274 g/mol. The molecule has 3 aromatic heterocycles. The zero-order valence-corrected chi connectivity index (χ0v) is 12.1. The van der Waals surface area contributed by atoms with Gasteiger partial charge in [-0.05, 0) is 12.1 Å². The number of nitrogens with zero attached hydrogens (tertiary/aromatic N) is 5. The molecule has 0 aromatic carbocycles. The van der Waals surface area contributed by atoms with E-state index in [-0.39, 0.29) is 0 Å². The molecule has 0 amide bonds. The molecule has 0 unspecified atom stereocenters. The van der Waals surface area contributed by atoms with Crippen molar-refractivity contribution >= 4 is 22.6 Å². The zero-order valence-electron chi connectivity index (χ0n) is 11.3. The maximum Gasteiger partial charge on any atom is 0.111 e. The summed E-state index contributed by atoms with van der Waals surface area (Å²) in [4.78, 5) is 8.75. The van der Waals surface area contributed by atoms with Crippen molar-refractivity contribution in [3.05, 3.63) is 42.2 Å². The molecule has 0 bridgehead atoms. The van der Waals surface area contributed by atoms with Gasteiger partial charge < -0.3 is 4.57 Å². The van der Waals surface area contributed by atoms with Gasteiger partial charge in [0.1, 0.15) is 11.3 Å². The fraction of sp³-hybridized carbons (Fsp3) is 0.357. The second kappa shape index (κ2) is 5.63. The van der Waals surface area contributed by atoms with E-state index in [1.54, 1.807) is 12.4 Å². The highest BCUT2D eigenvalue weighted by atomic mass is 35.5. The monoisotopic (exact) mass is 289 g/mol. The number of aromatic nitrogens is 5. The minimum atomic E-state index is 0.572. The molecule has 0 aliphatic heterocycles. The lowest BCUT2D eigenvalue weighted by molar-refractivity contribution is 0.628. The Hall–Kier alpha value is -1.88. The lowest BCUT2D eigenvalue weighted by Gasteiger charge is -2.08. The van der Waals surface area contributed by atoms with Crippen LogP contribution in [0.25, 0.3) is 11.0 Å². The maximum absolute atomic E-state index is 5.88. The molecule has 0 aliphatic rings. The van der Waals surface area contributed by atoms with Crippen molar-refractivity contribution in [1.29, 1.82) is 0 Å². The Kier molecular flexibility index (Phi) is 3.69. The predicted octanol–water partition coefficient (Wildman–Crippen LogP) is 2.19. The van der Waals surface area contributed by atoms with E-state index in [2.05, 4.69) is 19.6 Å². The highest BCUT2D eigenvalue weighted by Crippen LogP contribution is 2.16. The molecule has 0 atom stereocenters. The second-order valence-corrected chi connectivity index (χ2v) is 5.06. The molecular formula is C14H16ClN5. The minimum Gasteiger partial charge on any atom is -0.327 e. The third kappa shape index (κ3) is 2.41. The molecule has 3 heterocycles. The summed E-state index contributed by atoms with van der Waals surface area (Å²) in [6.45, 7) is 0.867. The third-order valence-corrected chi connectivity index (χ3v) is 3.65. The van der Waals surface area contributed by atoms with Crippen LogP contribution in [0, 0.1) is 0 Å². The highest BCUT2D eigenvalue weighted by Gasteiger charge is 2.10. The van der Waals surface area contributed by atoms with Crippen LogP contribution in [0.15, 0.2) is 30.7 Å². The molecule has 0 saturated heterocycles.